The molecule has 0 spiro atoms. The molecule has 23 heavy (non-hydrogen) atoms. The van der Waals surface area contributed by atoms with Gasteiger partial charge in [0.05, 0.1) is 0 Å². The lowest BCUT2D eigenvalue weighted by molar-refractivity contribution is 0.309. The average Bonchev–Trinajstić information content (AvgIpc) is 2.60. The third kappa shape index (κ3) is 4.48. The van der Waals surface area contributed by atoms with Crippen molar-refractivity contribution in [1.82, 2.24) is 4.90 Å². The second-order valence-electron chi connectivity index (χ2n) is 5.82. The van der Waals surface area contributed by atoms with Crippen molar-refractivity contribution in [2.45, 2.75) is 12.8 Å². The highest BCUT2D eigenvalue weighted by Crippen LogP contribution is 2.21. The van der Waals surface area contributed by atoms with Crippen molar-refractivity contribution in [3.8, 4) is 11.8 Å². The second kappa shape index (κ2) is 7.67. The van der Waals surface area contributed by atoms with Crippen molar-refractivity contribution >= 4 is 11.3 Å². The lowest BCUT2D eigenvalue weighted by atomic mass is 9.99. The summed E-state index contributed by atoms with van der Waals surface area (Å²) in [6.45, 7) is 3.15. The molecule has 0 fully saturated rings. The van der Waals surface area contributed by atoms with E-state index in [1.54, 1.807) is 0 Å². The van der Waals surface area contributed by atoms with E-state index >= 15 is 0 Å². The molecule has 0 aromatic heterocycles. The Kier molecular flexibility index (Phi) is 5.13. The summed E-state index contributed by atoms with van der Waals surface area (Å²) in [6, 6.07) is 18.4. The van der Waals surface area contributed by atoms with Crippen LogP contribution in [-0.2, 0) is 0 Å². The third-order valence-corrected chi connectivity index (χ3v) is 4.11. The fourth-order valence-electron chi connectivity index (χ4n) is 2.82. The zero-order valence-corrected chi connectivity index (χ0v) is 13.3. The Labute approximate surface area is 138 Å². The standard InChI is InChI=1S/C21H22N2/c22-21-11-6-8-18(17-21)7-4-5-14-23-15-12-20(13-16-23)19-9-2-1-3-10-19/h1-3,6,8-12,17H,5,13-16,22H2. The highest BCUT2D eigenvalue weighted by molar-refractivity contribution is 5.66. The van der Waals surface area contributed by atoms with Crippen LogP contribution in [0.15, 0.2) is 60.7 Å². The molecule has 0 saturated carbocycles. The maximum absolute atomic E-state index is 5.76. The molecule has 2 heteroatoms. The lowest BCUT2D eigenvalue weighted by Gasteiger charge is -2.25. The lowest BCUT2D eigenvalue weighted by Crippen LogP contribution is -2.29. The molecule has 1 aliphatic heterocycles. The van der Waals surface area contributed by atoms with Gasteiger partial charge in [-0.15, -0.1) is 0 Å². The molecular weight excluding hydrogens is 280 g/mol. The first-order valence-electron chi connectivity index (χ1n) is 8.12. The molecule has 0 radical (unpaired) electrons. The van der Waals surface area contributed by atoms with Crippen LogP contribution in [0.25, 0.3) is 5.57 Å². The molecule has 0 atom stereocenters. The van der Waals surface area contributed by atoms with Gasteiger partial charge in [0.1, 0.15) is 0 Å². The quantitative estimate of drug-likeness (QED) is 0.690. The first kappa shape index (κ1) is 15.4. The molecule has 0 unspecified atom stereocenters. The van der Waals surface area contributed by atoms with Crippen molar-refractivity contribution in [3.63, 3.8) is 0 Å². The molecule has 0 amide bonds. The predicted octanol–water partition coefficient (Wildman–Crippen LogP) is 3.80. The summed E-state index contributed by atoms with van der Waals surface area (Å²) in [5, 5.41) is 0. The summed E-state index contributed by atoms with van der Waals surface area (Å²) in [7, 11) is 0. The zero-order chi connectivity index (χ0) is 15.9. The minimum Gasteiger partial charge on any atom is -0.399 e. The van der Waals surface area contributed by atoms with Gasteiger partial charge in [0.25, 0.3) is 0 Å². The summed E-state index contributed by atoms with van der Waals surface area (Å²) in [6.07, 6.45) is 4.36. The SMILES string of the molecule is Nc1cccc(C#CCCN2CC=C(c3ccccc3)CC2)c1. The summed E-state index contributed by atoms with van der Waals surface area (Å²) in [4.78, 5) is 2.46. The van der Waals surface area contributed by atoms with Gasteiger partial charge in [-0.2, -0.15) is 0 Å². The van der Waals surface area contributed by atoms with Crippen LogP contribution in [0.1, 0.15) is 24.0 Å². The molecular formula is C21H22N2. The van der Waals surface area contributed by atoms with E-state index in [2.05, 4.69) is 53.1 Å². The molecule has 2 aromatic rings. The largest absolute Gasteiger partial charge is 0.399 e. The van der Waals surface area contributed by atoms with Gasteiger partial charge >= 0.3 is 0 Å². The molecule has 3 rings (SSSR count). The number of rotatable bonds is 3. The van der Waals surface area contributed by atoms with Gasteiger partial charge in [-0.25, -0.2) is 0 Å². The number of hydrogen-bond acceptors (Lipinski definition) is 2. The maximum Gasteiger partial charge on any atom is 0.0326 e. The zero-order valence-electron chi connectivity index (χ0n) is 13.3. The van der Waals surface area contributed by atoms with Crippen LogP contribution < -0.4 is 5.73 Å². The predicted molar refractivity (Wildman–Crippen MR) is 97.8 cm³/mol. The van der Waals surface area contributed by atoms with Gasteiger partial charge in [0.15, 0.2) is 0 Å². The number of nitrogen functional groups attached to an aromatic ring is 1. The number of benzene rings is 2. The van der Waals surface area contributed by atoms with Crippen molar-refractivity contribution in [2.24, 2.45) is 0 Å². The Bertz CT molecular complexity index is 735. The molecule has 0 bridgehead atoms. The molecule has 1 aliphatic rings. The minimum absolute atomic E-state index is 0.770. The van der Waals surface area contributed by atoms with E-state index in [9.17, 15) is 0 Å². The van der Waals surface area contributed by atoms with Crippen LogP contribution in [-0.4, -0.2) is 24.5 Å². The van der Waals surface area contributed by atoms with Gasteiger partial charge in [-0.3, -0.25) is 4.90 Å². The number of nitrogens with two attached hydrogens (primary N) is 1. The van der Waals surface area contributed by atoms with Crippen LogP contribution in [0.5, 0.6) is 0 Å². The monoisotopic (exact) mass is 302 g/mol. The second-order valence-corrected chi connectivity index (χ2v) is 5.82. The van der Waals surface area contributed by atoms with E-state index < -0.39 is 0 Å². The fourth-order valence-corrected chi connectivity index (χ4v) is 2.82. The molecule has 1 heterocycles. The first-order valence-corrected chi connectivity index (χ1v) is 8.12. The average molecular weight is 302 g/mol. The number of anilines is 1. The van der Waals surface area contributed by atoms with Crippen LogP contribution >= 0.6 is 0 Å². The van der Waals surface area contributed by atoms with Gasteiger partial charge in [-0.05, 0) is 35.8 Å². The summed E-state index contributed by atoms with van der Waals surface area (Å²) < 4.78 is 0. The number of hydrogen-bond donors (Lipinski definition) is 1. The molecule has 2 N–H and O–H groups in total. The molecule has 2 nitrogen and oxygen atoms in total. The number of nitrogens with zero attached hydrogens (tertiary/aromatic N) is 1. The first-order chi connectivity index (χ1) is 11.3. The van der Waals surface area contributed by atoms with Gasteiger partial charge in [0.2, 0.25) is 0 Å². The summed E-state index contributed by atoms with van der Waals surface area (Å²) >= 11 is 0. The minimum atomic E-state index is 0.770. The van der Waals surface area contributed by atoms with Crippen molar-refractivity contribution in [3.05, 3.63) is 71.8 Å². The summed E-state index contributed by atoms with van der Waals surface area (Å²) in [5.41, 5.74) is 10.3. The van der Waals surface area contributed by atoms with Crippen LogP contribution in [0.2, 0.25) is 0 Å². The van der Waals surface area contributed by atoms with E-state index in [-0.39, 0.29) is 0 Å². The fraction of sp³-hybridized carbons (Fsp3) is 0.238. The Morgan fingerprint density at radius 1 is 1.04 bits per heavy atom. The van der Waals surface area contributed by atoms with E-state index in [1.165, 1.54) is 11.1 Å². The maximum atomic E-state index is 5.76. The Morgan fingerprint density at radius 3 is 2.65 bits per heavy atom. The Morgan fingerprint density at radius 2 is 1.91 bits per heavy atom. The summed E-state index contributed by atoms with van der Waals surface area (Å²) in [5.74, 6) is 6.44. The van der Waals surface area contributed by atoms with E-state index in [0.29, 0.717) is 0 Å². The highest BCUT2D eigenvalue weighted by Gasteiger charge is 2.11. The van der Waals surface area contributed by atoms with Crippen molar-refractivity contribution in [2.75, 3.05) is 25.4 Å². The van der Waals surface area contributed by atoms with Crippen molar-refractivity contribution in [1.29, 1.82) is 0 Å². The molecule has 116 valence electrons. The molecule has 2 aromatic carbocycles. The third-order valence-electron chi connectivity index (χ3n) is 4.11. The Hall–Kier alpha value is -2.50. The normalized spacial score (nSPS) is 14.7. The van der Waals surface area contributed by atoms with Gasteiger partial charge < -0.3 is 5.73 Å². The van der Waals surface area contributed by atoms with Crippen molar-refractivity contribution < 1.29 is 0 Å². The van der Waals surface area contributed by atoms with Crippen LogP contribution in [0, 0.1) is 11.8 Å². The van der Waals surface area contributed by atoms with Gasteiger partial charge in [0, 0.05) is 37.3 Å². The molecule has 0 saturated heterocycles. The molecule has 0 aliphatic carbocycles. The van der Waals surface area contributed by atoms with E-state index in [1.807, 2.05) is 24.3 Å². The van der Waals surface area contributed by atoms with Crippen LogP contribution in [0.3, 0.4) is 0 Å². The van der Waals surface area contributed by atoms with E-state index in [0.717, 1.165) is 43.7 Å². The van der Waals surface area contributed by atoms with Gasteiger partial charge in [-0.1, -0.05) is 54.3 Å². The Balaban J connectivity index is 1.49. The smallest absolute Gasteiger partial charge is 0.0326 e. The highest BCUT2D eigenvalue weighted by atomic mass is 15.1. The van der Waals surface area contributed by atoms with Crippen LogP contribution in [0.4, 0.5) is 5.69 Å². The topological polar surface area (TPSA) is 29.3 Å². The van der Waals surface area contributed by atoms with E-state index in [4.69, 9.17) is 5.73 Å².